The molecule has 0 amide bonds. The maximum atomic E-state index is 13.1. The number of aromatic nitrogens is 2. The number of hydrogen-bond donors (Lipinski definition) is 2. The minimum absolute atomic E-state index is 0.144. The maximum absolute atomic E-state index is 13.1. The van der Waals surface area contributed by atoms with Crippen molar-refractivity contribution in [3.8, 4) is 0 Å². The van der Waals surface area contributed by atoms with E-state index in [1.807, 2.05) is 0 Å². The van der Waals surface area contributed by atoms with Crippen LogP contribution < -0.4 is 11.2 Å². The number of rotatable bonds is 0. The van der Waals surface area contributed by atoms with Crippen LogP contribution in [-0.2, 0) is 0 Å². The molecule has 14 heavy (non-hydrogen) atoms. The summed E-state index contributed by atoms with van der Waals surface area (Å²) < 4.78 is 25.8. The average molecular weight is 197 g/mol. The van der Waals surface area contributed by atoms with Gasteiger partial charge in [-0.1, -0.05) is 0 Å². The molecule has 4 nitrogen and oxygen atoms in total. The lowest BCUT2D eigenvalue weighted by atomic mass is 10.2. The van der Waals surface area contributed by atoms with Crippen molar-refractivity contribution in [3.05, 3.63) is 34.0 Å². The summed E-state index contributed by atoms with van der Waals surface area (Å²) in [5.41, 5.74) is 4.36. The molecular weight excluding hydrogens is 192 g/mol. The summed E-state index contributed by atoms with van der Waals surface area (Å²) in [5, 5.41) is 5.47. The zero-order valence-electron chi connectivity index (χ0n) is 6.84. The van der Waals surface area contributed by atoms with E-state index in [1.165, 1.54) is 0 Å². The lowest BCUT2D eigenvalue weighted by Gasteiger charge is -1.99. The number of nitrogen functional groups attached to an aromatic ring is 1. The third-order valence-corrected chi connectivity index (χ3v) is 1.82. The van der Waals surface area contributed by atoms with Crippen molar-refractivity contribution in [1.29, 1.82) is 0 Å². The maximum Gasteiger partial charge on any atom is 0.231 e. The zero-order chi connectivity index (χ0) is 10.3. The van der Waals surface area contributed by atoms with Crippen molar-refractivity contribution in [2.75, 3.05) is 5.73 Å². The van der Waals surface area contributed by atoms with Gasteiger partial charge in [-0.25, -0.2) is 8.78 Å². The van der Waals surface area contributed by atoms with Crippen LogP contribution in [0.15, 0.2) is 16.9 Å². The highest BCUT2D eigenvalue weighted by molar-refractivity contribution is 5.80. The summed E-state index contributed by atoms with van der Waals surface area (Å²) in [6.07, 6.45) is 0. The summed E-state index contributed by atoms with van der Waals surface area (Å²) in [4.78, 5) is 11.3. The van der Waals surface area contributed by atoms with E-state index in [9.17, 15) is 13.6 Å². The Hall–Kier alpha value is -1.98. The second-order valence-corrected chi connectivity index (χ2v) is 2.75. The van der Waals surface area contributed by atoms with E-state index >= 15 is 0 Å². The molecule has 3 N–H and O–H groups in total. The van der Waals surface area contributed by atoms with Gasteiger partial charge >= 0.3 is 0 Å². The Labute approximate surface area is 76.4 Å². The SMILES string of the molecule is Nc1n[nH]c2c(F)cc(F)cc2c1=O. The van der Waals surface area contributed by atoms with Gasteiger partial charge in [0.1, 0.15) is 11.3 Å². The molecule has 1 aromatic heterocycles. The van der Waals surface area contributed by atoms with Crippen molar-refractivity contribution in [2.45, 2.75) is 0 Å². The van der Waals surface area contributed by atoms with E-state index in [1.54, 1.807) is 0 Å². The average Bonchev–Trinajstić information content (AvgIpc) is 2.12. The minimum Gasteiger partial charge on any atom is -0.379 e. The predicted octanol–water partition coefficient (Wildman–Crippen LogP) is 0.783. The number of hydrogen-bond acceptors (Lipinski definition) is 3. The predicted molar refractivity (Wildman–Crippen MR) is 46.7 cm³/mol. The molecule has 0 atom stereocenters. The van der Waals surface area contributed by atoms with Crippen molar-refractivity contribution in [1.82, 2.24) is 10.2 Å². The quantitative estimate of drug-likeness (QED) is 0.655. The Kier molecular flexibility index (Phi) is 1.70. The van der Waals surface area contributed by atoms with Crippen LogP contribution in [-0.4, -0.2) is 10.2 Å². The number of anilines is 1. The van der Waals surface area contributed by atoms with Crippen LogP contribution in [0.25, 0.3) is 10.9 Å². The summed E-state index contributed by atoms with van der Waals surface area (Å²) in [6.45, 7) is 0. The Morgan fingerprint density at radius 2 is 2.07 bits per heavy atom. The fraction of sp³-hybridized carbons (Fsp3) is 0. The molecule has 0 radical (unpaired) electrons. The first-order chi connectivity index (χ1) is 6.59. The Morgan fingerprint density at radius 1 is 1.36 bits per heavy atom. The van der Waals surface area contributed by atoms with Crippen LogP contribution in [0.4, 0.5) is 14.6 Å². The van der Waals surface area contributed by atoms with Gasteiger partial charge < -0.3 is 5.73 Å². The second-order valence-electron chi connectivity index (χ2n) is 2.75. The fourth-order valence-electron chi connectivity index (χ4n) is 1.17. The van der Waals surface area contributed by atoms with E-state index in [4.69, 9.17) is 5.73 Å². The molecule has 0 saturated carbocycles. The summed E-state index contributed by atoms with van der Waals surface area (Å²) in [7, 11) is 0. The number of aromatic amines is 1. The topological polar surface area (TPSA) is 71.8 Å². The van der Waals surface area contributed by atoms with Gasteiger partial charge in [0.2, 0.25) is 5.43 Å². The summed E-state index contributed by atoms with van der Waals surface area (Å²) in [6, 6.07) is 1.57. The Bertz CT molecular complexity index is 564. The molecule has 1 aromatic carbocycles. The van der Waals surface area contributed by atoms with E-state index in [0.29, 0.717) is 6.07 Å². The highest BCUT2D eigenvalue weighted by Crippen LogP contribution is 2.13. The van der Waals surface area contributed by atoms with Gasteiger partial charge in [0.05, 0.1) is 5.39 Å². The molecule has 0 aliphatic carbocycles. The van der Waals surface area contributed by atoms with Crippen LogP contribution in [0.1, 0.15) is 0 Å². The molecule has 0 aliphatic heterocycles. The molecular formula is C8H5F2N3O. The van der Waals surface area contributed by atoms with E-state index in [0.717, 1.165) is 6.07 Å². The summed E-state index contributed by atoms with van der Waals surface area (Å²) in [5.74, 6) is -2.02. The molecule has 1 heterocycles. The molecule has 0 fully saturated rings. The first-order valence-corrected chi connectivity index (χ1v) is 3.72. The van der Waals surface area contributed by atoms with Gasteiger partial charge in [-0.2, -0.15) is 5.10 Å². The largest absolute Gasteiger partial charge is 0.379 e. The molecule has 0 saturated heterocycles. The lowest BCUT2D eigenvalue weighted by molar-refractivity contribution is 0.589. The molecule has 2 rings (SSSR count). The van der Waals surface area contributed by atoms with E-state index < -0.39 is 17.1 Å². The van der Waals surface area contributed by atoms with Crippen molar-refractivity contribution in [3.63, 3.8) is 0 Å². The minimum atomic E-state index is -0.871. The Morgan fingerprint density at radius 3 is 2.79 bits per heavy atom. The third kappa shape index (κ3) is 1.12. The van der Waals surface area contributed by atoms with Gasteiger partial charge in [0, 0.05) is 6.07 Å². The van der Waals surface area contributed by atoms with Gasteiger partial charge in [0.15, 0.2) is 11.6 Å². The molecule has 0 spiro atoms. The smallest absolute Gasteiger partial charge is 0.231 e. The Balaban J connectivity index is 3.03. The normalized spacial score (nSPS) is 10.7. The highest BCUT2D eigenvalue weighted by Gasteiger charge is 2.09. The molecule has 0 bridgehead atoms. The number of halogens is 2. The molecule has 72 valence electrons. The van der Waals surface area contributed by atoms with Gasteiger partial charge in [-0.15, -0.1) is 0 Å². The number of benzene rings is 1. The molecule has 0 aliphatic rings. The number of nitrogens with two attached hydrogens (primary N) is 1. The van der Waals surface area contributed by atoms with E-state index in [-0.39, 0.29) is 16.7 Å². The van der Waals surface area contributed by atoms with Crippen LogP contribution in [0.5, 0.6) is 0 Å². The van der Waals surface area contributed by atoms with Crippen LogP contribution >= 0.6 is 0 Å². The second kappa shape index (κ2) is 2.76. The van der Waals surface area contributed by atoms with Gasteiger partial charge in [-0.05, 0) is 6.07 Å². The third-order valence-electron chi connectivity index (χ3n) is 1.82. The van der Waals surface area contributed by atoms with E-state index in [2.05, 4.69) is 10.2 Å². The standard InChI is InChI=1S/C8H5F2N3O/c9-3-1-4-6(5(10)2-3)12-13-8(11)7(4)14/h1-2H,(H2,11,13)(H,12,14). The number of nitrogens with one attached hydrogen (secondary N) is 1. The molecule has 2 aromatic rings. The lowest BCUT2D eigenvalue weighted by Crippen LogP contribution is -2.13. The first kappa shape index (κ1) is 8.61. The van der Waals surface area contributed by atoms with Gasteiger partial charge in [-0.3, -0.25) is 9.89 Å². The number of fused-ring (bicyclic) bond motifs is 1. The van der Waals surface area contributed by atoms with Crippen LogP contribution in [0.3, 0.4) is 0 Å². The van der Waals surface area contributed by atoms with Crippen LogP contribution in [0.2, 0.25) is 0 Å². The fourth-order valence-corrected chi connectivity index (χ4v) is 1.17. The monoisotopic (exact) mass is 197 g/mol. The van der Waals surface area contributed by atoms with Crippen LogP contribution in [0, 0.1) is 11.6 Å². The number of nitrogens with zero attached hydrogens (tertiary/aromatic N) is 1. The van der Waals surface area contributed by atoms with Crippen molar-refractivity contribution in [2.24, 2.45) is 0 Å². The van der Waals surface area contributed by atoms with Gasteiger partial charge in [0.25, 0.3) is 0 Å². The first-order valence-electron chi connectivity index (χ1n) is 3.72. The molecule has 0 unspecified atom stereocenters. The summed E-state index contributed by atoms with van der Waals surface area (Å²) >= 11 is 0. The highest BCUT2D eigenvalue weighted by atomic mass is 19.1. The zero-order valence-corrected chi connectivity index (χ0v) is 6.84. The molecule has 6 heteroatoms. The van der Waals surface area contributed by atoms with Crippen molar-refractivity contribution < 1.29 is 8.78 Å². The van der Waals surface area contributed by atoms with Crippen molar-refractivity contribution >= 4 is 16.7 Å². The number of H-pyrrole nitrogens is 1.